The zero-order valence-corrected chi connectivity index (χ0v) is 23.1. The molecule has 1 saturated heterocycles. The minimum Gasteiger partial charge on any atom is -0.459 e. The molecule has 2 heterocycles. The minimum absolute atomic E-state index is 0.172. The van der Waals surface area contributed by atoms with Crippen LogP contribution < -0.4 is 4.90 Å². The Morgan fingerprint density at radius 2 is 1.74 bits per heavy atom. The Morgan fingerprint density at radius 1 is 1.03 bits per heavy atom. The molecular formula is C30H36ClFN4O2. The van der Waals surface area contributed by atoms with Crippen molar-refractivity contribution in [1.29, 1.82) is 0 Å². The molecule has 8 heteroatoms. The second-order valence-corrected chi connectivity index (χ2v) is 10.3. The summed E-state index contributed by atoms with van der Waals surface area (Å²) in [4.78, 5) is 23.8. The van der Waals surface area contributed by atoms with Gasteiger partial charge in [0.2, 0.25) is 0 Å². The summed E-state index contributed by atoms with van der Waals surface area (Å²) in [5.74, 6) is 0.102. The minimum atomic E-state index is -0.329. The summed E-state index contributed by atoms with van der Waals surface area (Å²) in [6.45, 7) is 12.0. The van der Waals surface area contributed by atoms with Gasteiger partial charge in [0.15, 0.2) is 0 Å². The van der Waals surface area contributed by atoms with Crippen LogP contribution in [0.25, 0.3) is 0 Å². The summed E-state index contributed by atoms with van der Waals surface area (Å²) >= 11 is 6.23. The number of pyridine rings is 1. The van der Waals surface area contributed by atoms with Crippen LogP contribution in [-0.4, -0.2) is 59.6 Å². The van der Waals surface area contributed by atoms with E-state index in [4.69, 9.17) is 16.3 Å². The van der Waals surface area contributed by atoms with Gasteiger partial charge in [-0.2, -0.15) is 0 Å². The molecule has 38 heavy (non-hydrogen) atoms. The van der Waals surface area contributed by atoms with E-state index in [1.807, 2.05) is 13.8 Å². The number of ether oxygens (including phenoxy) is 1. The van der Waals surface area contributed by atoms with Crippen LogP contribution in [0.3, 0.4) is 0 Å². The molecule has 0 amide bonds. The summed E-state index contributed by atoms with van der Waals surface area (Å²) in [6, 6.07) is 17.0. The number of carbonyl (C=O) groups excluding carboxylic acids is 1. The number of piperazine rings is 1. The van der Waals surface area contributed by atoms with Gasteiger partial charge in [-0.15, -0.1) is 0 Å². The molecule has 0 bridgehead atoms. The lowest BCUT2D eigenvalue weighted by Crippen LogP contribution is -2.46. The molecular weight excluding hydrogens is 503 g/mol. The molecule has 6 nitrogen and oxygen atoms in total. The molecule has 0 aliphatic carbocycles. The Labute approximate surface area is 230 Å². The maximum Gasteiger partial charge on any atom is 0.342 e. The van der Waals surface area contributed by atoms with E-state index in [0.717, 1.165) is 45.8 Å². The quantitative estimate of drug-likeness (QED) is 0.305. The normalized spacial score (nSPS) is 14.3. The number of anilines is 1. The summed E-state index contributed by atoms with van der Waals surface area (Å²) in [5, 5.41) is 0.466. The summed E-state index contributed by atoms with van der Waals surface area (Å²) in [6.07, 6.45) is 1.55. The van der Waals surface area contributed by atoms with Crippen LogP contribution in [0.15, 0.2) is 60.8 Å². The van der Waals surface area contributed by atoms with E-state index in [2.05, 4.69) is 50.9 Å². The number of nitrogens with zero attached hydrogens (tertiary/aromatic N) is 4. The van der Waals surface area contributed by atoms with Crippen LogP contribution in [0, 0.1) is 5.82 Å². The topological polar surface area (TPSA) is 48.9 Å². The standard InChI is InChI=1S/C30H36ClFN4O2/c1-4-34(21-26-27(31)8-5-9-28(26)32)19-23-10-12-24(13-11-23)20-35-15-17-36(18-16-35)29-25(7-6-14-33-29)30(37)38-22(2)3/h5-14,22H,4,15-21H2,1-3H3. The maximum absolute atomic E-state index is 14.2. The Morgan fingerprint density at radius 3 is 2.39 bits per heavy atom. The van der Waals surface area contributed by atoms with Crippen molar-refractivity contribution >= 4 is 23.4 Å². The third-order valence-electron chi connectivity index (χ3n) is 6.75. The fourth-order valence-corrected chi connectivity index (χ4v) is 4.88. The molecule has 2 aromatic carbocycles. The second-order valence-electron chi connectivity index (χ2n) is 9.91. The fourth-order valence-electron chi connectivity index (χ4n) is 4.66. The van der Waals surface area contributed by atoms with Gasteiger partial charge in [-0.1, -0.05) is 48.9 Å². The lowest BCUT2D eigenvalue weighted by molar-refractivity contribution is 0.0378. The van der Waals surface area contributed by atoms with Crippen LogP contribution in [0.5, 0.6) is 0 Å². The first-order valence-corrected chi connectivity index (χ1v) is 13.6. The number of halogens is 2. The number of rotatable bonds is 10. The fraction of sp³-hybridized carbons (Fsp3) is 0.400. The van der Waals surface area contributed by atoms with E-state index in [1.165, 1.54) is 17.2 Å². The van der Waals surface area contributed by atoms with Crippen molar-refractivity contribution in [1.82, 2.24) is 14.8 Å². The number of hydrogen-bond donors (Lipinski definition) is 0. The predicted octanol–water partition coefficient (Wildman–Crippen LogP) is 5.78. The van der Waals surface area contributed by atoms with Crippen molar-refractivity contribution in [2.24, 2.45) is 0 Å². The van der Waals surface area contributed by atoms with Gasteiger partial charge in [-0.3, -0.25) is 9.80 Å². The average Bonchev–Trinajstić information content (AvgIpc) is 2.91. The van der Waals surface area contributed by atoms with Crippen LogP contribution in [-0.2, 0) is 24.4 Å². The number of hydrogen-bond acceptors (Lipinski definition) is 6. The molecule has 1 fully saturated rings. The van der Waals surface area contributed by atoms with Crippen molar-refractivity contribution in [2.45, 2.75) is 46.5 Å². The van der Waals surface area contributed by atoms with E-state index in [0.29, 0.717) is 28.5 Å². The lowest BCUT2D eigenvalue weighted by Gasteiger charge is -2.36. The highest BCUT2D eigenvalue weighted by atomic mass is 35.5. The lowest BCUT2D eigenvalue weighted by atomic mass is 10.1. The van der Waals surface area contributed by atoms with E-state index >= 15 is 0 Å². The van der Waals surface area contributed by atoms with Gasteiger partial charge in [0.05, 0.1) is 6.10 Å². The summed E-state index contributed by atoms with van der Waals surface area (Å²) in [7, 11) is 0. The number of esters is 1. The van der Waals surface area contributed by atoms with Gasteiger partial charge < -0.3 is 9.64 Å². The molecule has 1 aliphatic rings. The number of aromatic nitrogens is 1. The monoisotopic (exact) mass is 538 g/mol. The molecule has 0 radical (unpaired) electrons. The second kappa shape index (κ2) is 13.2. The van der Waals surface area contributed by atoms with E-state index in [-0.39, 0.29) is 17.9 Å². The summed E-state index contributed by atoms with van der Waals surface area (Å²) < 4.78 is 19.6. The van der Waals surface area contributed by atoms with Gasteiger partial charge >= 0.3 is 5.97 Å². The Kier molecular flexibility index (Phi) is 9.72. The number of carbonyl (C=O) groups is 1. The zero-order chi connectivity index (χ0) is 27.1. The van der Waals surface area contributed by atoms with Crippen molar-refractivity contribution < 1.29 is 13.9 Å². The van der Waals surface area contributed by atoms with Crippen molar-refractivity contribution in [2.75, 3.05) is 37.6 Å². The Bertz CT molecular complexity index is 1190. The van der Waals surface area contributed by atoms with Crippen LogP contribution >= 0.6 is 11.6 Å². The first kappa shape index (κ1) is 28.0. The first-order valence-electron chi connectivity index (χ1n) is 13.2. The SMILES string of the molecule is CCN(Cc1ccc(CN2CCN(c3ncccc3C(=O)OC(C)C)CC2)cc1)Cc1c(F)cccc1Cl. The largest absolute Gasteiger partial charge is 0.459 e. The van der Waals surface area contributed by atoms with E-state index in [9.17, 15) is 9.18 Å². The maximum atomic E-state index is 14.2. The number of benzene rings is 2. The highest BCUT2D eigenvalue weighted by molar-refractivity contribution is 6.31. The van der Waals surface area contributed by atoms with Gasteiger partial charge in [-0.25, -0.2) is 14.2 Å². The molecule has 0 N–H and O–H groups in total. The highest BCUT2D eigenvalue weighted by Gasteiger charge is 2.24. The third kappa shape index (κ3) is 7.31. The van der Waals surface area contributed by atoms with Crippen LogP contribution in [0.2, 0.25) is 5.02 Å². The van der Waals surface area contributed by atoms with E-state index < -0.39 is 0 Å². The van der Waals surface area contributed by atoms with Crippen LogP contribution in [0.4, 0.5) is 10.2 Å². The molecule has 4 rings (SSSR count). The van der Waals surface area contributed by atoms with Gasteiger partial charge in [0.1, 0.15) is 17.2 Å². The first-order chi connectivity index (χ1) is 18.3. The van der Waals surface area contributed by atoms with Crippen LogP contribution in [0.1, 0.15) is 47.8 Å². The predicted molar refractivity (Wildman–Crippen MR) is 150 cm³/mol. The van der Waals surface area contributed by atoms with Crippen molar-refractivity contribution in [3.63, 3.8) is 0 Å². The molecule has 0 atom stereocenters. The van der Waals surface area contributed by atoms with Gasteiger partial charge in [0.25, 0.3) is 0 Å². The van der Waals surface area contributed by atoms with Gasteiger partial charge in [0, 0.05) is 62.6 Å². The highest BCUT2D eigenvalue weighted by Crippen LogP contribution is 2.23. The van der Waals surface area contributed by atoms with Crippen molar-refractivity contribution in [3.05, 3.63) is 93.9 Å². The molecule has 1 aromatic heterocycles. The smallest absolute Gasteiger partial charge is 0.342 e. The Balaban J connectivity index is 1.31. The zero-order valence-electron chi connectivity index (χ0n) is 22.4. The molecule has 202 valence electrons. The molecule has 0 spiro atoms. The Hall–Kier alpha value is -3.00. The van der Waals surface area contributed by atoms with Gasteiger partial charge in [-0.05, 0) is 55.8 Å². The third-order valence-corrected chi connectivity index (χ3v) is 7.10. The molecule has 3 aromatic rings. The molecule has 0 unspecified atom stereocenters. The molecule has 1 aliphatic heterocycles. The molecule has 0 saturated carbocycles. The summed E-state index contributed by atoms with van der Waals surface area (Å²) in [5.41, 5.74) is 3.50. The van der Waals surface area contributed by atoms with E-state index in [1.54, 1.807) is 30.5 Å². The van der Waals surface area contributed by atoms with Crippen molar-refractivity contribution in [3.8, 4) is 0 Å². The average molecular weight is 539 g/mol.